The van der Waals surface area contributed by atoms with Crippen molar-refractivity contribution in [2.24, 2.45) is 16.8 Å². The monoisotopic (exact) mass is 278 g/mol. The summed E-state index contributed by atoms with van der Waals surface area (Å²) in [6, 6.07) is -0.398. The molecule has 0 aromatic heterocycles. The molecule has 1 aliphatic heterocycles. The maximum atomic E-state index is 12.0. The van der Waals surface area contributed by atoms with Crippen LogP contribution in [0, 0.1) is 5.92 Å². The van der Waals surface area contributed by atoms with E-state index in [1.165, 1.54) is 4.31 Å². The molecule has 7 nitrogen and oxygen atoms in total. The van der Waals surface area contributed by atoms with Gasteiger partial charge in [0.15, 0.2) is 0 Å². The van der Waals surface area contributed by atoms with Crippen molar-refractivity contribution in [3.05, 3.63) is 0 Å². The Bertz CT molecular complexity index is 388. The summed E-state index contributed by atoms with van der Waals surface area (Å²) in [5.74, 6) is 0.587. The number of nitrogens with zero attached hydrogens (tertiary/aromatic N) is 2. The molecule has 1 fully saturated rings. The predicted molar refractivity (Wildman–Crippen MR) is 69.5 cm³/mol. The number of nitrogens with two attached hydrogens (primary N) is 1. The second kappa shape index (κ2) is 6.35. The molecule has 0 aromatic rings. The third kappa shape index (κ3) is 4.43. The van der Waals surface area contributed by atoms with Crippen LogP contribution in [-0.2, 0) is 10.2 Å². The van der Waals surface area contributed by atoms with E-state index in [0.717, 1.165) is 12.8 Å². The van der Waals surface area contributed by atoms with Crippen LogP contribution in [0.2, 0.25) is 0 Å². The Morgan fingerprint density at radius 1 is 1.56 bits per heavy atom. The van der Waals surface area contributed by atoms with Gasteiger partial charge in [-0.25, -0.2) is 0 Å². The molecule has 18 heavy (non-hydrogen) atoms. The minimum atomic E-state index is -3.47. The van der Waals surface area contributed by atoms with Gasteiger partial charge in [-0.15, -0.1) is 0 Å². The quantitative estimate of drug-likeness (QED) is 0.286. The van der Waals surface area contributed by atoms with Crippen molar-refractivity contribution in [3.63, 3.8) is 0 Å². The molecule has 0 aliphatic carbocycles. The van der Waals surface area contributed by atoms with E-state index >= 15 is 0 Å². The van der Waals surface area contributed by atoms with Crippen molar-refractivity contribution in [3.8, 4) is 0 Å². The lowest BCUT2D eigenvalue weighted by Crippen LogP contribution is -2.48. The van der Waals surface area contributed by atoms with Crippen LogP contribution in [0.1, 0.15) is 33.1 Å². The molecule has 1 unspecified atom stereocenters. The summed E-state index contributed by atoms with van der Waals surface area (Å²) in [5, 5.41) is 11.3. The van der Waals surface area contributed by atoms with Crippen LogP contribution >= 0.6 is 0 Å². The second-order valence-electron chi connectivity index (χ2n) is 4.90. The van der Waals surface area contributed by atoms with Gasteiger partial charge in [-0.3, -0.25) is 0 Å². The van der Waals surface area contributed by atoms with E-state index < -0.39 is 16.3 Å². The van der Waals surface area contributed by atoms with Gasteiger partial charge < -0.3 is 10.9 Å². The maximum Gasteiger partial charge on any atom is 0.279 e. The molecule has 1 heterocycles. The van der Waals surface area contributed by atoms with Crippen molar-refractivity contribution in [1.29, 1.82) is 0 Å². The first-order chi connectivity index (χ1) is 8.35. The van der Waals surface area contributed by atoms with Gasteiger partial charge in [0.1, 0.15) is 5.84 Å². The molecule has 8 heteroatoms. The number of rotatable bonds is 5. The van der Waals surface area contributed by atoms with Gasteiger partial charge in [-0.1, -0.05) is 12.1 Å². The van der Waals surface area contributed by atoms with Crippen molar-refractivity contribution in [2.75, 3.05) is 13.1 Å². The lowest BCUT2D eigenvalue weighted by Gasteiger charge is -2.30. The summed E-state index contributed by atoms with van der Waals surface area (Å²) >= 11 is 0. The highest BCUT2D eigenvalue weighted by atomic mass is 32.2. The molecule has 0 saturated carbocycles. The Hall–Kier alpha value is -0.860. The van der Waals surface area contributed by atoms with E-state index in [0.29, 0.717) is 19.0 Å². The van der Waals surface area contributed by atoms with Gasteiger partial charge >= 0.3 is 0 Å². The largest absolute Gasteiger partial charge is 0.409 e. The molecule has 0 spiro atoms. The first-order valence-corrected chi connectivity index (χ1v) is 7.53. The molecule has 1 saturated heterocycles. The topological polar surface area (TPSA) is 108 Å². The van der Waals surface area contributed by atoms with Crippen LogP contribution in [-0.4, -0.2) is 42.9 Å². The predicted octanol–water partition coefficient (Wildman–Crippen LogP) is 0.0777. The van der Waals surface area contributed by atoms with Gasteiger partial charge in [-0.05, 0) is 25.7 Å². The molecule has 4 N–H and O–H groups in total. The van der Waals surface area contributed by atoms with Crippen molar-refractivity contribution in [1.82, 2.24) is 9.03 Å². The highest BCUT2D eigenvalue weighted by Crippen LogP contribution is 2.18. The Labute approximate surface area is 108 Å². The van der Waals surface area contributed by atoms with Crippen molar-refractivity contribution < 1.29 is 13.6 Å². The number of hydrogen-bond acceptors (Lipinski definition) is 4. The number of amidine groups is 1. The molecule has 1 aliphatic rings. The Morgan fingerprint density at radius 2 is 2.11 bits per heavy atom. The van der Waals surface area contributed by atoms with Crippen LogP contribution in [0.25, 0.3) is 0 Å². The summed E-state index contributed by atoms with van der Waals surface area (Å²) in [4.78, 5) is 0. The molecule has 1 atom stereocenters. The lowest BCUT2D eigenvalue weighted by molar-refractivity contribution is 0.283. The van der Waals surface area contributed by atoms with Crippen LogP contribution in [0.3, 0.4) is 0 Å². The lowest BCUT2D eigenvalue weighted by atomic mass is 10.0. The van der Waals surface area contributed by atoms with E-state index in [9.17, 15) is 8.42 Å². The molecular formula is C10H22N4O3S. The minimum absolute atomic E-state index is 0.0115. The Balaban J connectivity index is 2.54. The maximum absolute atomic E-state index is 12.0. The molecule has 0 bridgehead atoms. The van der Waals surface area contributed by atoms with Crippen LogP contribution in [0.5, 0.6) is 0 Å². The number of nitrogens with one attached hydrogen (secondary N) is 1. The summed E-state index contributed by atoms with van der Waals surface area (Å²) in [7, 11) is -3.47. The van der Waals surface area contributed by atoms with E-state index in [2.05, 4.69) is 16.8 Å². The molecular weight excluding hydrogens is 256 g/mol. The first-order valence-electron chi connectivity index (χ1n) is 6.09. The van der Waals surface area contributed by atoms with Crippen molar-refractivity contribution >= 4 is 16.0 Å². The Morgan fingerprint density at radius 3 is 2.61 bits per heavy atom. The summed E-state index contributed by atoms with van der Waals surface area (Å²) in [6.07, 6.45) is 1.95. The normalized spacial score (nSPS) is 22.0. The average molecular weight is 278 g/mol. The fourth-order valence-electron chi connectivity index (χ4n) is 1.95. The Kier molecular flexibility index (Phi) is 5.36. The van der Waals surface area contributed by atoms with Crippen LogP contribution in [0.15, 0.2) is 5.16 Å². The average Bonchev–Trinajstić information content (AvgIpc) is 2.28. The van der Waals surface area contributed by atoms with E-state index in [-0.39, 0.29) is 12.3 Å². The molecule has 106 valence electrons. The third-order valence-corrected chi connectivity index (χ3v) is 4.82. The van der Waals surface area contributed by atoms with Gasteiger partial charge in [0.05, 0.1) is 0 Å². The standard InChI is InChI=1S/C10H22N4O3S/c1-8-3-5-14(6-4-8)18(16,17)13-9(2)7-10(11)12-15/h8-9,13,15H,3-7H2,1-2H3,(H2,11,12). The molecule has 0 aromatic carbocycles. The van der Waals surface area contributed by atoms with Gasteiger partial charge in [0.25, 0.3) is 10.2 Å². The smallest absolute Gasteiger partial charge is 0.279 e. The van der Waals surface area contributed by atoms with Gasteiger partial charge in [0, 0.05) is 25.6 Å². The summed E-state index contributed by atoms with van der Waals surface area (Å²) in [5.41, 5.74) is 5.34. The highest BCUT2D eigenvalue weighted by Gasteiger charge is 2.27. The van der Waals surface area contributed by atoms with E-state index in [1.54, 1.807) is 6.92 Å². The van der Waals surface area contributed by atoms with E-state index in [1.807, 2.05) is 0 Å². The van der Waals surface area contributed by atoms with Crippen molar-refractivity contribution in [2.45, 2.75) is 39.2 Å². The number of hydrogen-bond donors (Lipinski definition) is 3. The fourth-order valence-corrected chi connectivity index (χ4v) is 3.38. The van der Waals surface area contributed by atoms with Gasteiger partial charge in [0.2, 0.25) is 0 Å². The molecule has 0 radical (unpaired) electrons. The summed E-state index contributed by atoms with van der Waals surface area (Å²) < 4.78 is 28.1. The van der Waals surface area contributed by atoms with Gasteiger partial charge in [-0.2, -0.15) is 17.4 Å². The first kappa shape index (κ1) is 15.2. The second-order valence-corrected chi connectivity index (χ2v) is 6.60. The zero-order chi connectivity index (χ0) is 13.8. The summed E-state index contributed by atoms with van der Waals surface area (Å²) in [6.45, 7) is 4.90. The highest BCUT2D eigenvalue weighted by molar-refractivity contribution is 7.87. The molecule has 0 amide bonds. The minimum Gasteiger partial charge on any atom is -0.409 e. The zero-order valence-electron chi connectivity index (χ0n) is 10.8. The fraction of sp³-hybridized carbons (Fsp3) is 0.900. The van der Waals surface area contributed by atoms with Crippen LogP contribution in [0.4, 0.5) is 0 Å². The third-order valence-electron chi connectivity index (χ3n) is 3.08. The number of oxime groups is 1. The number of piperidine rings is 1. The van der Waals surface area contributed by atoms with E-state index in [4.69, 9.17) is 10.9 Å². The molecule has 1 rings (SSSR count). The SMILES string of the molecule is CC1CCN(S(=O)(=O)NC(C)CC(N)=NO)CC1. The van der Waals surface area contributed by atoms with Crippen LogP contribution < -0.4 is 10.5 Å². The zero-order valence-corrected chi connectivity index (χ0v) is 11.7.